The number of H-pyrrole nitrogens is 1. The minimum atomic E-state index is -0.124. The van der Waals surface area contributed by atoms with Crippen molar-refractivity contribution in [1.82, 2.24) is 15.5 Å². The molecule has 2 N–H and O–H groups in total. The predicted octanol–water partition coefficient (Wildman–Crippen LogP) is 3.56. The van der Waals surface area contributed by atoms with Crippen LogP contribution in [0.15, 0.2) is 47.8 Å². The number of hydrogen-bond acceptors (Lipinski definition) is 3. The van der Waals surface area contributed by atoms with Crippen LogP contribution in [0.25, 0.3) is 10.6 Å². The lowest BCUT2D eigenvalue weighted by atomic mass is 10.1. The van der Waals surface area contributed by atoms with Crippen LogP contribution in [0.5, 0.6) is 0 Å². The molecule has 110 valence electrons. The van der Waals surface area contributed by atoms with E-state index in [1.54, 1.807) is 11.3 Å². The Bertz CT molecular complexity index is 807. The number of carbonyl (C=O) groups excluding carboxylic acids is 1. The van der Waals surface area contributed by atoms with Crippen LogP contribution in [-0.2, 0) is 6.42 Å². The van der Waals surface area contributed by atoms with Gasteiger partial charge < -0.3 is 5.32 Å². The number of carbonyl (C=O) groups is 1. The second-order valence-corrected chi connectivity index (χ2v) is 6.36. The first-order chi connectivity index (χ1) is 10.8. The van der Waals surface area contributed by atoms with Crippen LogP contribution >= 0.6 is 11.3 Å². The number of aromatic amines is 1. The van der Waals surface area contributed by atoms with Gasteiger partial charge in [0.25, 0.3) is 5.91 Å². The third kappa shape index (κ3) is 2.33. The van der Waals surface area contributed by atoms with Crippen molar-refractivity contribution in [3.05, 3.63) is 64.7 Å². The van der Waals surface area contributed by atoms with E-state index in [1.165, 1.54) is 11.1 Å². The molecule has 0 saturated carbocycles. The standard InChI is InChI=1S/C17H15N3OS/c21-17(15-10-14(19-20-15)16-6-3-9-22-16)18-13-8-7-11-4-1-2-5-12(11)13/h1-6,9-10,13H,7-8H2,(H,18,21)(H,19,20). The summed E-state index contributed by atoms with van der Waals surface area (Å²) in [6.07, 6.45) is 1.97. The van der Waals surface area contributed by atoms with Gasteiger partial charge in [-0.05, 0) is 41.5 Å². The number of amides is 1. The number of rotatable bonds is 3. The quantitative estimate of drug-likeness (QED) is 0.777. The fraction of sp³-hybridized carbons (Fsp3) is 0.176. The Kier molecular flexibility index (Phi) is 3.27. The molecule has 5 heteroatoms. The second kappa shape index (κ2) is 5.42. The lowest BCUT2D eigenvalue weighted by Crippen LogP contribution is -2.27. The van der Waals surface area contributed by atoms with Crippen LogP contribution in [0.1, 0.15) is 34.1 Å². The monoisotopic (exact) mass is 309 g/mol. The lowest BCUT2D eigenvalue weighted by molar-refractivity contribution is 0.0931. The molecule has 0 saturated heterocycles. The Balaban J connectivity index is 1.52. The number of hydrogen-bond donors (Lipinski definition) is 2. The average molecular weight is 309 g/mol. The van der Waals surface area contributed by atoms with Gasteiger partial charge in [0.05, 0.1) is 16.6 Å². The largest absolute Gasteiger partial charge is 0.344 e. The predicted molar refractivity (Wildman–Crippen MR) is 86.9 cm³/mol. The van der Waals surface area contributed by atoms with E-state index in [2.05, 4.69) is 27.6 Å². The summed E-state index contributed by atoms with van der Waals surface area (Å²) in [5, 5.41) is 12.2. The van der Waals surface area contributed by atoms with Crippen molar-refractivity contribution in [3.63, 3.8) is 0 Å². The maximum atomic E-state index is 12.4. The summed E-state index contributed by atoms with van der Waals surface area (Å²) in [6.45, 7) is 0. The second-order valence-electron chi connectivity index (χ2n) is 5.41. The molecule has 0 spiro atoms. The molecule has 0 fully saturated rings. The molecule has 2 aromatic heterocycles. The van der Waals surface area contributed by atoms with Crippen molar-refractivity contribution in [2.75, 3.05) is 0 Å². The van der Waals surface area contributed by atoms with Crippen LogP contribution in [0.4, 0.5) is 0 Å². The minimum Gasteiger partial charge on any atom is -0.344 e. The fourth-order valence-corrected chi connectivity index (χ4v) is 3.63. The van der Waals surface area contributed by atoms with Gasteiger partial charge in [-0.3, -0.25) is 9.89 Å². The molecule has 1 aromatic carbocycles. The molecule has 1 amide bonds. The van der Waals surface area contributed by atoms with Crippen molar-refractivity contribution in [3.8, 4) is 10.6 Å². The van der Waals surface area contributed by atoms with Crippen LogP contribution in [0.3, 0.4) is 0 Å². The van der Waals surface area contributed by atoms with E-state index < -0.39 is 0 Å². The molecule has 0 radical (unpaired) electrons. The van der Waals surface area contributed by atoms with Gasteiger partial charge in [0.2, 0.25) is 0 Å². The molecule has 1 unspecified atom stereocenters. The molecule has 1 aliphatic carbocycles. The Morgan fingerprint density at radius 3 is 3.05 bits per heavy atom. The van der Waals surface area contributed by atoms with Crippen molar-refractivity contribution in [2.24, 2.45) is 0 Å². The van der Waals surface area contributed by atoms with Crippen LogP contribution in [-0.4, -0.2) is 16.1 Å². The van der Waals surface area contributed by atoms with Crippen LogP contribution < -0.4 is 5.32 Å². The van der Waals surface area contributed by atoms with Crippen molar-refractivity contribution >= 4 is 17.2 Å². The van der Waals surface area contributed by atoms with Crippen LogP contribution in [0, 0.1) is 0 Å². The molecular formula is C17H15N3OS. The Labute approximate surface area is 132 Å². The summed E-state index contributed by atoms with van der Waals surface area (Å²) in [5.41, 5.74) is 3.87. The number of nitrogens with zero attached hydrogens (tertiary/aromatic N) is 1. The van der Waals surface area contributed by atoms with Crippen molar-refractivity contribution < 1.29 is 4.79 Å². The first-order valence-corrected chi connectivity index (χ1v) is 8.17. The van der Waals surface area contributed by atoms with Gasteiger partial charge in [-0.2, -0.15) is 5.10 Å². The number of benzene rings is 1. The number of fused-ring (bicyclic) bond motifs is 1. The zero-order valence-electron chi connectivity index (χ0n) is 11.9. The van der Waals surface area contributed by atoms with E-state index in [0.717, 1.165) is 23.4 Å². The van der Waals surface area contributed by atoms with E-state index >= 15 is 0 Å². The average Bonchev–Trinajstić information content (AvgIpc) is 3.28. The van der Waals surface area contributed by atoms with Crippen molar-refractivity contribution in [2.45, 2.75) is 18.9 Å². The zero-order valence-corrected chi connectivity index (χ0v) is 12.7. The summed E-state index contributed by atoms with van der Waals surface area (Å²) in [5.74, 6) is -0.124. The SMILES string of the molecule is O=C(NC1CCc2ccccc21)c1cc(-c2cccs2)[nH]n1. The molecular weight excluding hydrogens is 294 g/mol. The van der Waals surface area contributed by atoms with Crippen molar-refractivity contribution in [1.29, 1.82) is 0 Å². The van der Waals surface area contributed by atoms with Gasteiger partial charge in [-0.1, -0.05) is 30.3 Å². The maximum absolute atomic E-state index is 12.4. The summed E-state index contributed by atoms with van der Waals surface area (Å²) in [6, 6.07) is 14.2. The summed E-state index contributed by atoms with van der Waals surface area (Å²) in [7, 11) is 0. The van der Waals surface area contributed by atoms with E-state index in [9.17, 15) is 4.79 Å². The van der Waals surface area contributed by atoms with Gasteiger partial charge >= 0.3 is 0 Å². The highest BCUT2D eigenvalue weighted by atomic mass is 32.1. The molecule has 4 nitrogen and oxygen atoms in total. The van der Waals surface area contributed by atoms with E-state index in [1.807, 2.05) is 35.7 Å². The molecule has 3 aromatic rings. The highest BCUT2D eigenvalue weighted by Gasteiger charge is 2.24. The fourth-order valence-electron chi connectivity index (χ4n) is 2.94. The maximum Gasteiger partial charge on any atom is 0.272 e. The van der Waals surface area contributed by atoms with Gasteiger partial charge in [-0.25, -0.2) is 0 Å². The van der Waals surface area contributed by atoms with Crippen LogP contribution in [0.2, 0.25) is 0 Å². The number of aryl methyl sites for hydroxylation is 1. The number of thiophene rings is 1. The molecule has 22 heavy (non-hydrogen) atoms. The van der Waals surface area contributed by atoms with E-state index in [4.69, 9.17) is 0 Å². The Hall–Kier alpha value is -2.40. The topological polar surface area (TPSA) is 57.8 Å². The van der Waals surface area contributed by atoms with Gasteiger partial charge in [0.15, 0.2) is 5.69 Å². The van der Waals surface area contributed by atoms with E-state index in [0.29, 0.717) is 5.69 Å². The molecule has 0 bridgehead atoms. The van der Waals surface area contributed by atoms with E-state index in [-0.39, 0.29) is 11.9 Å². The lowest BCUT2D eigenvalue weighted by Gasteiger charge is -2.12. The van der Waals surface area contributed by atoms with Gasteiger partial charge in [-0.15, -0.1) is 11.3 Å². The number of nitrogens with one attached hydrogen (secondary N) is 2. The first kappa shape index (κ1) is 13.3. The molecule has 1 aliphatic rings. The summed E-state index contributed by atoms with van der Waals surface area (Å²) in [4.78, 5) is 13.5. The Morgan fingerprint density at radius 1 is 1.27 bits per heavy atom. The highest BCUT2D eigenvalue weighted by molar-refractivity contribution is 7.13. The van der Waals surface area contributed by atoms with Gasteiger partial charge in [0.1, 0.15) is 0 Å². The summed E-state index contributed by atoms with van der Waals surface area (Å²) >= 11 is 1.62. The minimum absolute atomic E-state index is 0.0885. The first-order valence-electron chi connectivity index (χ1n) is 7.29. The number of aromatic nitrogens is 2. The third-order valence-corrected chi connectivity index (χ3v) is 4.94. The van der Waals surface area contributed by atoms with Gasteiger partial charge in [0, 0.05) is 0 Å². The smallest absolute Gasteiger partial charge is 0.272 e. The highest BCUT2D eigenvalue weighted by Crippen LogP contribution is 2.31. The normalized spacial score (nSPS) is 16.5. The molecule has 1 atom stereocenters. The third-order valence-electron chi connectivity index (χ3n) is 4.04. The molecule has 0 aliphatic heterocycles. The summed E-state index contributed by atoms with van der Waals surface area (Å²) < 4.78 is 0. The zero-order chi connectivity index (χ0) is 14.9. The Morgan fingerprint density at radius 2 is 2.18 bits per heavy atom. The molecule has 2 heterocycles. The molecule has 4 rings (SSSR count).